The summed E-state index contributed by atoms with van der Waals surface area (Å²) in [6.45, 7) is -0.263. The number of carbonyl (C=O) groups is 1. The zero-order chi connectivity index (χ0) is 17.1. The summed E-state index contributed by atoms with van der Waals surface area (Å²) in [5.41, 5.74) is 0. The van der Waals surface area contributed by atoms with Gasteiger partial charge >= 0.3 is 5.97 Å². The highest BCUT2D eigenvalue weighted by atomic mass is 16.6. The van der Waals surface area contributed by atoms with Crippen LogP contribution in [0.1, 0.15) is 70.6 Å². The van der Waals surface area contributed by atoms with Gasteiger partial charge in [0, 0.05) is 6.42 Å². The van der Waals surface area contributed by atoms with E-state index in [0.29, 0.717) is 6.42 Å². The predicted molar refractivity (Wildman–Crippen MR) is 86.2 cm³/mol. The van der Waals surface area contributed by atoms with E-state index in [4.69, 9.17) is 14.9 Å². The van der Waals surface area contributed by atoms with Gasteiger partial charge in [0.2, 0.25) is 0 Å². The average molecular weight is 332 g/mol. The molecule has 1 aliphatic rings. The van der Waals surface area contributed by atoms with Gasteiger partial charge in [-0.15, -0.1) is 0 Å². The molecule has 0 aromatic carbocycles. The molecule has 0 aromatic rings. The van der Waals surface area contributed by atoms with E-state index in [9.17, 15) is 15.0 Å². The first-order valence-electron chi connectivity index (χ1n) is 8.90. The number of carboxylic acid groups (broad SMARTS) is 1. The Balaban J connectivity index is 1.89. The molecule has 1 heterocycles. The summed E-state index contributed by atoms with van der Waals surface area (Å²) < 4.78 is 5.44. The summed E-state index contributed by atoms with van der Waals surface area (Å²) in [5, 5.41) is 37.0. The maximum atomic E-state index is 10.4. The van der Waals surface area contributed by atoms with Crippen molar-refractivity contribution in [1.82, 2.24) is 0 Å². The second kappa shape index (κ2) is 11.8. The van der Waals surface area contributed by atoms with Crippen molar-refractivity contribution in [2.75, 3.05) is 6.61 Å². The normalized spacial score (nSPS) is 27.4. The molecule has 0 radical (unpaired) electrons. The predicted octanol–water partition coefficient (Wildman–Crippen LogP) is 1.84. The van der Waals surface area contributed by atoms with E-state index in [1.807, 2.05) is 0 Å². The number of unbranched alkanes of at least 4 members (excludes halogenated alkanes) is 8. The third-order valence-electron chi connectivity index (χ3n) is 4.52. The van der Waals surface area contributed by atoms with Crippen molar-refractivity contribution in [2.24, 2.45) is 0 Å². The summed E-state index contributed by atoms with van der Waals surface area (Å²) in [6.07, 6.45) is 7.67. The number of ether oxygens (including phenoxy) is 1. The Kier molecular flexibility index (Phi) is 10.4. The van der Waals surface area contributed by atoms with Gasteiger partial charge in [-0.1, -0.05) is 51.4 Å². The summed E-state index contributed by atoms with van der Waals surface area (Å²) in [4.78, 5) is 10.4. The summed E-state index contributed by atoms with van der Waals surface area (Å²) in [7, 11) is 0. The molecule has 23 heavy (non-hydrogen) atoms. The van der Waals surface area contributed by atoms with Gasteiger partial charge in [-0.3, -0.25) is 4.79 Å². The van der Waals surface area contributed by atoms with Gasteiger partial charge in [-0.25, -0.2) is 0 Å². The van der Waals surface area contributed by atoms with Gasteiger partial charge in [0.25, 0.3) is 0 Å². The quantitative estimate of drug-likeness (QED) is 0.383. The monoisotopic (exact) mass is 332 g/mol. The van der Waals surface area contributed by atoms with E-state index >= 15 is 0 Å². The second-order valence-corrected chi connectivity index (χ2v) is 6.49. The van der Waals surface area contributed by atoms with Crippen LogP contribution in [0.3, 0.4) is 0 Å². The highest BCUT2D eigenvalue weighted by molar-refractivity contribution is 5.66. The number of aliphatic hydroxyl groups excluding tert-OH is 3. The molecule has 0 bridgehead atoms. The number of carboxylic acids is 1. The molecule has 1 aliphatic heterocycles. The Labute approximate surface area is 138 Å². The zero-order valence-electron chi connectivity index (χ0n) is 13.9. The summed E-state index contributed by atoms with van der Waals surface area (Å²) in [5.74, 6) is -0.709. The molecule has 1 fully saturated rings. The highest BCUT2D eigenvalue weighted by Gasteiger charge is 2.41. The Morgan fingerprint density at radius 1 is 0.783 bits per heavy atom. The highest BCUT2D eigenvalue weighted by Crippen LogP contribution is 2.25. The second-order valence-electron chi connectivity index (χ2n) is 6.49. The van der Waals surface area contributed by atoms with Crippen molar-refractivity contribution in [3.63, 3.8) is 0 Å². The topological polar surface area (TPSA) is 107 Å². The lowest BCUT2D eigenvalue weighted by molar-refractivity contribution is -0.137. The van der Waals surface area contributed by atoms with Crippen LogP contribution in [0.15, 0.2) is 0 Å². The van der Waals surface area contributed by atoms with E-state index < -0.39 is 24.3 Å². The molecule has 4 N–H and O–H groups in total. The van der Waals surface area contributed by atoms with Crippen molar-refractivity contribution in [1.29, 1.82) is 0 Å². The lowest BCUT2D eigenvalue weighted by atomic mass is 10.0. The Hall–Kier alpha value is -0.690. The number of rotatable bonds is 13. The van der Waals surface area contributed by atoms with Gasteiger partial charge in [0.15, 0.2) is 0 Å². The molecule has 6 nitrogen and oxygen atoms in total. The molecule has 0 spiro atoms. The van der Waals surface area contributed by atoms with Gasteiger partial charge < -0.3 is 25.2 Å². The van der Waals surface area contributed by atoms with E-state index in [1.165, 1.54) is 12.8 Å². The standard InChI is InChI=1S/C17H32O6/c18-12-14-17(22)16(21)13(23-14)10-8-6-4-2-1-3-5-7-9-11-15(19)20/h13-14,16-18,21-22H,1-12H2,(H,19,20)/t13-,14-,16+,17-/m1/s1. The van der Waals surface area contributed by atoms with E-state index in [1.54, 1.807) is 0 Å². The number of hydrogen-bond acceptors (Lipinski definition) is 5. The van der Waals surface area contributed by atoms with Crippen LogP contribution in [0.2, 0.25) is 0 Å². The lowest BCUT2D eigenvalue weighted by Crippen LogP contribution is -2.33. The molecule has 1 saturated heterocycles. The molecular formula is C17H32O6. The van der Waals surface area contributed by atoms with Gasteiger partial charge in [0.1, 0.15) is 18.3 Å². The Bertz CT molecular complexity index is 322. The molecular weight excluding hydrogens is 300 g/mol. The molecule has 0 aromatic heterocycles. The van der Waals surface area contributed by atoms with E-state index in [2.05, 4.69) is 0 Å². The van der Waals surface area contributed by atoms with Crippen LogP contribution in [0, 0.1) is 0 Å². The van der Waals surface area contributed by atoms with Crippen LogP contribution >= 0.6 is 0 Å². The third kappa shape index (κ3) is 8.11. The van der Waals surface area contributed by atoms with Crippen LogP contribution in [0.5, 0.6) is 0 Å². The first kappa shape index (κ1) is 20.4. The minimum Gasteiger partial charge on any atom is -0.481 e. The van der Waals surface area contributed by atoms with Crippen LogP contribution in [0.4, 0.5) is 0 Å². The van der Waals surface area contributed by atoms with Gasteiger partial charge in [-0.05, 0) is 12.8 Å². The molecule has 0 aliphatic carbocycles. The van der Waals surface area contributed by atoms with Crippen molar-refractivity contribution in [2.45, 2.75) is 95.0 Å². The first-order chi connectivity index (χ1) is 11.1. The lowest BCUT2D eigenvalue weighted by Gasteiger charge is -2.14. The van der Waals surface area contributed by atoms with Crippen molar-refractivity contribution in [3.8, 4) is 0 Å². The maximum Gasteiger partial charge on any atom is 0.303 e. The first-order valence-corrected chi connectivity index (χ1v) is 8.90. The fraction of sp³-hybridized carbons (Fsp3) is 0.941. The van der Waals surface area contributed by atoms with Crippen LogP contribution in [-0.2, 0) is 9.53 Å². The van der Waals surface area contributed by atoms with Crippen LogP contribution < -0.4 is 0 Å². The van der Waals surface area contributed by atoms with Gasteiger partial charge in [-0.2, -0.15) is 0 Å². The van der Waals surface area contributed by atoms with Crippen molar-refractivity contribution in [3.05, 3.63) is 0 Å². The molecule has 0 saturated carbocycles. The van der Waals surface area contributed by atoms with E-state index in [-0.39, 0.29) is 19.1 Å². The van der Waals surface area contributed by atoms with E-state index in [0.717, 1.165) is 44.9 Å². The van der Waals surface area contributed by atoms with Crippen LogP contribution in [0.25, 0.3) is 0 Å². The van der Waals surface area contributed by atoms with Crippen molar-refractivity contribution < 1.29 is 30.0 Å². The van der Waals surface area contributed by atoms with Crippen molar-refractivity contribution >= 4 is 5.97 Å². The Morgan fingerprint density at radius 3 is 1.74 bits per heavy atom. The molecule has 1 rings (SSSR count). The summed E-state index contributed by atoms with van der Waals surface area (Å²) >= 11 is 0. The number of hydrogen-bond donors (Lipinski definition) is 4. The SMILES string of the molecule is O=C(O)CCCCCCCCCCC[C@H]1O[C@H](CO)[C@@H](O)[C@H]1O. The summed E-state index contributed by atoms with van der Waals surface area (Å²) in [6, 6.07) is 0. The largest absolute Gasteiger partial charge is 0.481 e. The molecule has 0 unspecified atom stereocenters. The fourth-order valence-electron chi connectivity index (χ4n) is 3.07. The molecule has 4 atom stereocenters. The minimum atomic E-state index is -0.980. The van der Waals surface area contributed by atoms with Crippen LogP contribution in [-0.4, -0.2) is 57.4 Å². The number of aliphatic carboxylic acids is 1. The molecule has 136 valence electrons. The maximum absolute atomic E-state index is 10.4. The zero-order valence-corrected chi connectivity index (χ0v) is 13.9. The van der Waals surface area contributed by atoms with Gasteiger partial charge in [0.05, 0.1) is 12.7 Å². The molecule has 0 amide bonds. The third-order valence-corrected chi connectivity index (χ3v) is 4.52. The minimum absolute atomic E-state index is 0.263. The number of aliphatic hydroxyl groups is 3. The molecule has 6 heteroatoms. The fourth-order valence-corrected chi connectivity index (χ4v) is 3.07. The Morgan fingerprint density at radius 2 is 1.26 bits per heavy atom. The smallest absolute Gasteiger partial charge is 0.303 e. The average Bonchev–Trinajstić information content (AvgIpc) is 2.80.